The Morgan fingerprint density at radius 2 is 1.75 bits per heavy atom. The van der Waals surface area contributed by atoms with E-state index in [4.69, 9.17) is 11.6 Å². The molecule has 6 nitrogen and oxygen atoms in total. The fourth-order valence-electron chi connectivity index (χ4n) is 5.94. The number of fused-ring (bicyclic) bond motifs is 1. The highest BCUT2D eigenvalue weighted by molar-refractivity contribution is 7.21. The number of aromatic nitrogens is 1. The minimum atomic E-state index is -0.917. The Morgan fingerprint density at radius 3 is 2.39 bits per heavy atom. The van der Waals surface area contributed by atoms with Crippen molar-refractivity contribution >= 4 is 45.0 Å². The van der Waals surface area contributed by atoms with Gasteiger partial charge in [0.05, 0.1) is 15.9 Å². The van der Waals surface area contributed by atoms with Crippen molar-refractivity contribution in [3.8, 4) is 11.3 Å². The van der Waals surface area contributed by atoms with Gasteiger partial charge in [0.25, 0.3) is 0 Å². The van der Waals surface area contributed by atoms with Gasteiger partial charge >= 0.3 is 5.97 Å². The lowest BCUT2D eigenvalue weighted by atomic mass is 9.83. The third kappa shape index (κ3) is 4.93. The number of amides is 1. The molecule has 2 aliphatic rings. The lowest BCUT2D eigenvalue weighted by Gasteiger charge is -2.35. The molecule has 1 amide bonds. The summed E-state index contributed by atoms with van der Waals surface area (Å²) in [6, 6.07) is 9.82. The van der Waals surface area contributed by atoms with Crippen LogP contribution in [-0.4, -0.2) is 64.6 Å². The predicted molar refractivity (Wildman–Crippen MR) is 146 cm³/mol. The Balaban J connectivity index is 1.62. The topological polar surface area (TPSA) is 65.8 Å². The van der Waals surface area contributed by atoms with Gasteiger partial charge in [-0.1, -0.05) is 43.0 Å². The van der Waals surface area contributed by atoms with Gasteiger partial charge in [0.1, 0.15) is 11.4 Å². The monoisotopic (exact) mass is 527 g/mol. The fraction of sp³-hybridized carbons (Fsp3) is 0.500. The number of likely N-dealkylation sites (tertiary alicyclic amines) is 1. The molecule has 192 valence electrons. The average molecular weight is 528 g/mol. The van der Waals surface area contributed by atoms with Crippen molar-refractivity contribution in [1.82, 2.24) is 14.4 Å². The van der Waals surface area contributed by atoms with Crippen LogP contribution in [0.5, 0.6) is 0 Å². The number of aromatic carboxylic acids is 1. The van der Waals surface area contributed by atoms with E-state index in [9.17, 15) is 14.7 Å². The van der Waals surface area contributed by atoms with Crippen molar-refractivity contribution in [2.45, 2.75) is 63.5 Å². The Labute approximate surface area is 221 Å². The summed E-state index contributed by atoms with van der Waals surface area (Å²) in [5.41, 5.74) is 4.13. The summed E-state index contributed by atoms with van der Waals surface area (Å²) in [5, 5.41) is 10.5. The van der Waals surface area contributed by atoms with Crippen molar-refractivity contribution in [3.63, 3.8) is 0 Å². The SMILES string of the molecule is CN1CCC(N(C)C(=O)Cn2c(-c3ccc(Cl)cc3)c(C3CCCCC3)c3sc(C(=O)O)cc32)CC1. The van der Waals surface area contributed by atoms with E-state index in [0.717, 1.165) is 60.2 Å². The van der Waals surface area contributed by atoms with E-state index in [2.05, 4.69) is 16.5 Å². The molecule has 5 rings (SSSR count). The van der Waals surface area contributed by atoms with Crippen LogP contribution >= 0.6 is 22.9 Å². The van der Waals surface area contributed by atoms with Crippen LogP contribution in [-0.2, 0) is 11.3 Å². The van der Waals surface area contributed by atoms with Crippen LogP contribution in [0.3, 0.4) is 0 Å². The van der Waals surface area contributed by atoms with Gasteiger partial charge in [-0.25, -0.2) is 4.79 Å². The van der Waals surface area contributed by atoms with E-state index in [1.165, 1.54) is 36.2 Å². The summed E-state index contributed by atoms with van der Waals surface area (Å²) in [7, 11) is 4.04. The average Bonchev–Trinajstić information content (AvgIpc) is 3.43. The molecule has 1 aliphatic heterocycles. The molecule has 1 aliphatic carbocycles. The normalized spacial score (nSPS) is 18.1. The van der Waals surface area contributed by atoms with E-state index >= 15 is 0 Å². The summed E-state index contributed by atoms with van der Waals surface area (Å²) in [6.45, 7) is 2.18. The van der Waals surface area contributed by atoms with Gasteiger partial charge < -0.3 is 19.5 Å². The van der Waals surface area contributed by atoms with Gasteiger partial charge in [-0.05, 0) is 81.1 Å². The number of hydrogen-bond donors (Lipinski definition) is 1. The van der Waals surface area contributed by atoms with E-state index in [-0.39, 0.29) is 18.5 Å². The molecule has 0 spiro atoms. The van der Waals surface area contributed by atoms with Gasteiger partial charge in [-0.3, -0.25) is 4.79 Å². The number of carbonyl (C=O) groups excluding carboxylic acids is 1. The maximum atomic E-state index is 13.7. The summed E-state index contributed by atoms with van der Waals surface area (Å²) in [4.78, 5) is 30.1. The van der Waals surface area contributed by atoms with E-state index < -0.39 is 5.97 Å². The van der Waals surface area contributed by atoms with Crippen molar-refractivity contribution in [3.05, 3.63) is 45.8 Å². The zero-order valence-corrected chi connectivity index (χ0v) is 22.6. The maximum absolute atomic E-state index is 13.7. The molecule has 2 aromatic heterocycles. The molecule has 3 heterocycles. The minimum Gasteiger partial charge on any atom is -0.477 e. The lowest BCUT2D eigenvalue weighted by molar-refractivity contribution is -0.133. The van der Waals surface area contributed by atoms with Crippen molar-refractivity contribution in [2.75, 3.05) is 27.2 Å². The molecule has 3 aromatic rings. The van der Waals surface area contributed by atoms with Gasteiger partial charge in [0.15, 0.2) is 0 Å². The first-order valence-corrected chi connectivity index (χ1v) is 14.1. The number of nitrogens with zero attached hydrogens (tertiary/aromatic N) is 3. The third-order valence-corrected chi connectivity index (χ3v) is 9.43. The highest BCUT2D eigenvalue weighted by Gasteiger charge is 2.31. The van der Waals surface area contributed by atoms with Crippen molar-refractivity contribution < 1.29 is 14.7 Å². The molecule has 1 saturated carbocycles. The largest absolute Gasteiger partial charge is 0.477 e. The molecule has 0 bridgehead atoms. The van der Waals surface area contributed by atoms with E-state index in [0.29, 0.717) is 15.8 Å². The predicted octanol–water partition coefficient (Wildman–Crippen LogP) is 6.32. The quantitative estimate of drug-likeness (QED) is 0.407. The molecule has 2 fully saturated rings. The van der Waals surface area contributed by atoms with Crippen LogP contribution < -0.4 is 0 Å². The second-order valence-corrected chi connectivity index (χ2v) is 11.8. The summed E-state index contributed by atoms with van der Waals surface area (Å²) < 4.78 is 3.10. The van der Waals surface area contributed by atoms with E-state index in [1.54, 1.807) is 6.07 Å². The number of carbonyl (C=O) groups is 2. The third-order valence-electron chi connectivity index (χ3n) is 8.04. The molecule has 0 atom stereocenters. The van der Waals surface area contributed by atoms with Crippen LogP contribution in [0.25, 0.3) is 21.5 Å². The molecule has 0 unspecified atom stereocenters. The van der Waals surface area contributed by atoms with Gasteiger partial charge in [-0.2, -0.15) is 0 Å². The molecule has 36 heavy (non-hydrogen) atoms. The highest BCUT2D eigenvalue weighted by atomic mass is 35.5. The zero-order valence-electron chi connectivity index (χ0n) is 21.0. The highest BCUT2D eigenvalue weighted by Crippen LogP contribution is 2.47. The lowest BCUT2D eigenvalue weighted by Crippen LogP contribution is -2.45. The maximum Gasteiger partial charge on any atom is 0.345 e. The first-order chi connectivity index (χ1) is 17.3. The van der Waals surface area contributed by atoms with Gasteiger partial charge in [0, 0.05) is 18.1 Å². The zero-order chi connectivity index (χ0) is 25.4. The van der Waals surface area contributed by atoms with Crippen LogP contribution in [0.2, 0.25) is 5.02 Å². The number of thiophene rings is 1. The molecule has 8 heteroatoms. The van der Waals surface area contributed by atoms with Crippen LogP contribution in [0.15, 0.2) is 30.3 Å². The molecular weight excluding hydrogens is 494 g/mol. The number of carboxylic acids is 1. The Morgan fingerprint density at radius 1 is 1.08 bits per heavy atom. The van der Waals surface area contributed by atoms with Crippen LogP contribution in [0.1, 0.15) is 66.1 Å². The van der Waals surface area contributed by atoms with Crippen LogP contribution in [0.4, 0.5) is 0 Å². The van der Waals surface area contributed by atoms with Crippen molar-refractivity contribution in [1.29, 1.82) is 0 Å². The first kappa shape index (κ1) is 25.3. The molecule has 1 N–H and O–H groups in total. The Hall–Kier alpha value is -2.35. The van der Waals surface area contributed by atoms with Crippen molar-refractivity contribution in [2.24, 2.45) is 0 Å². The van der Waals surface area contributed by atoms with Gasteiger partial charge in [0.2, 0.25) is 5.91 Å². The number of carboxylic acid groups (broad SMARTS) is 1. The fourth-order valence-corrected chi connectivity index (χ4v) is 7.19. The second kappa shape index (κ2) is 10.6. The Bertz CT molecular complexity index is 1250. The number of likely N-dealkylation sites (N-methyl/N-ethyl adjacent to an activating group) is 1. The summed E-state index contributed by atoms with van der Waals surface area (Å²) in [6.07, 6.45) is 7.70. The van der Waals surface area contributed by atoms with Gasteiger partial charge in [-0.15, -0.1) is 11.3 Å². The summed E-state index contributed by atoms with van der Waals surface area (Å²) >= 11 is 7.57. The Kier molecular flexibility index (Phi) is 7.42. The number of halogens is 1. The smallest absolute Gasteiger partial charge is 0.345 e. The molecular formula is C28H34ClN3O3S. The van der Waals surface area contributed by atoms with E-state index in [1.807, 2.05) is 36.2 Å². The number of rotatable bonds is 6. The summed E-state index contributed by atoms with van der Waals surface area (Å²) in [5.74, 6) is -0.495. The number of benzene rings is 1. The number of piperidine rings is 1. The molecule has 1 saturated heterocycles. The minimum absolute atomic E-state index is 0.0648. The molecule has 0 radical (unpaired) electrons. The second-order valence-electron chi connectivity index (χ2n) is 10.4. The van der Waals surface area contributed by atoms with Crippen LogP contribution in [0, 0.1) is 0 Å². The first-order valence-electron chi connectivity index (χ1n) is 12.9. The standard InChI is InChI=1S/C28H34ClN3O3S/c1-30-14-12-21(13-15-30)31(2)24(33)17-32-22-16-23(28(34)35)36-27(22)25(18-6-4-3-5-7-18)26(32)19-8-10-20(29)11-9-19/h8-11,16,18,21H,3-7,12-15,17H2,1-2H3,(H,34,35). The molecule has 1 aromatic carbocycles. The number of hydrogen-bond acceptors (Lipinski definition) is 4.